The predicted molar refractivity (Wildman–Crippen MR) is 71.8 cm³/mol. The first-order chi connectivity index (χ1) is 7.65. The number of hydrogen-bond donors (Lipinski definition) is 1. The number of aryl methyl sites for hydroxylation is 2. The minimum Gasteiger partial charge on any atom is -0.317 e. The molecular formula is C15H25N. The van der Waals surface area contributed by atoms with Crippen molar-refractivity contribution in [3.8, 4) is 0 Å². The summed E-state index contributed by atoms with van der Waals surface area (Å²) in [6.07, 6.45) is 3.74. The molecule has 16 heavy (non-hydrogen) atoms. The molecular weight excluding hydrogens is 194 g/mol. The van der Waals surface area contributed by atoms with E-state index in [1.807, 2.05) is 0 Å². The summed E-state index contributed by atoms with van der Waals surface area (Å²) in [5, 5.41) is 3.40. The molecule has 90 valence electrons. The number of rotatable bonds is 6. The number of benzene rings is 1. The lowest BCUT2D eigenvalue weighted by atomic mass is 9.96. The van der Waals surface area contributed by atoms with Crippen LogP contribution in [-0.4, -0.2) is 13.1 Å². The topological polar surface area (TPSA) is 12.0 Å². The van der Waals surface area contributed by atoms with Crippen LogP contribution in [0, 0.1) is 12.8 Å². The van der Waals surface area contributed by atoms with E-state index < -0.39 is 0 Å². The molecule has 0 bridgehead atoms. The molecule has 0 heterocycles. The highest BCUT2D eigenvalue weighted by atomic mass is 14.9. The Morgan fingerprint density at radius 1 is 1.19 bits per heavy atom. The zero-order valence-corrected chi connectivity index (χ0v) is 11.1. The van der Waals surface area contributed by atoms with E-state index in [1.165, 1.54) is 30.4 Å². The zero-order valence-electron chi connectivity index (χ0n) is 11.1. The van der Waals surface area contributed by atoms with E-state index in [1.54, 1.807) is 0 Å². The molecule has 0 saturated carbocycles. The highest BCUT2D eigenvalue weighted by molar-refractivity contribution is 5.25. The fourth-order valence-corrected chi connectivity index (χ4v) is 2.21. The highest BCUT2D eigenvalue weighted by Gasteiger charge is 2.10. The van der Waals surface area contributed by atoms with Gasteiger partial charge in [0.2, 0.25) is 0 Å². The molecule has 1 unspecified atom stereocenters. The Balaban J connectivity index is 2.38. The van der Waals surface area contributed by atoms with Crippen LogP contribution in [-0.2, 0) is 6.42 Å². The van der Waals surface area contributed by atoms with Crippen LogP contribution < -0.4 is 5.32 Å². The minimum absolute atomic E-state index is 0.656. The molecule has 0 aliphatic carbocycles. The van der Waals surface area contributed by atoms with E-state index in [0.717, 1.165) is 5.92 Å². The van der Waals surface area contributed by atoms with Crippen molar-refractivity contribution in [3.05, 3.63) is 35.4 Å². The van der Waals surface area contributed by atoms with E-state index in [2.05, 4.69) is 57.4 Å². The first-order valence-corrected chi connectivity index (χ1v) is 6.37. The number of hydrogen-bond acceptors (Lipinski definition) is 1. The van der Waals surface area contributed by atoms with Crippen molar-refractivity contribution in [2.24, 2.45) is 5.92 Å². The standard InChI is InChI=1S/C15H25N/c1-12(2)15(16-4)11-7-10-14-9-6-5-8-13(14)3/h5-6,8-9,12,15-16H,7,10-11H2,1-4H3. The molecule has 1 nitrogen and oxygen atoms in total. The molecule has 1 rings (SSSR count). The summed E-state index contributed by atoms with van der Waals surface area (Å²) >= 11 is 0. The first-order valence-electron chi connectivity index (χ1n) is 6.37. The van der Waals surface area contributed by atoms with Crippen LogP contribution in [0.15, 0.2) is 24.3 Å². The van der Waals surface area contributed by atoms with Gasteiger partial charge in [0.15, 0.2) is 0 Å². The van der Waals surface area contributed by atoms with E-state index in [-0.39, 0.29) is 0 Å². The predicted octanol–water partition coefficient (Wildman–Crippen LogP) is 3.56. The van der Waals surface area contributed by atoms with Gasteiger partial charge in [-0.2, -0.15) is 0 Å². The molecule has 1 N–H and O–H groups in total. The lowest BCUT2D eigenvalue weighted by molar-refractivity contribution is 0.393. The second-order valence-electron chi connectivity index (χ2n) is 4.96. The van der Waals surface area contributed by atoms with Gasteiger partial charge in [-0.05, 0) is 50.3 Å². The molecule has 1 aromatic carbocycles. The Labute approximate surface area is 100 Å². The average Bonchev–Trinajstić information content (AvgIpc) is 2.26. The molecule has 0 fully saturated rings. The molecule has 0 aliphatic heterocycles. The SMILES string of the molecule is CNC(CCCc1ccccc1C)C(C)C. The fourth-order valence-electron chi connectivity index (χ4n) is 2.21. The maximum atomic E-state index is 3.40. The van der Waals surface area contributed by atoms with Crippen molar-refractivity contribution in [1.29, 1.82) is 0 Å². The summed E-state index contributed by atoms with van der Waals surface area (Å²) in [4.78, 5) is 0. The molecule has 1 aromatic rings. The second-order valence-corrected chi connectivity index (χ2v) is 4.96. The molecule has 0 aliphatic rings. The molecule has 0 spiro atoms. The Morgan fingerprint density at radius 2 is 1.88 bits per heavy atom. The average molecular weight is 219 g/mol. The third-order valence-electron chi connectivity index (χ3n) is 3.40. The van der Waals surface area contributed by atoms with Gasteiger partial charge in [0.05, 0.1) is 0 Å². The first kappa shape index (κ1) is 13.2. The van der Waals surface area contributed by atoms with Crippen LogP contribution in [0.5, 0.6) is 0 Å². The Bertz CT molecular complexity index is 304. The summed E-state index contributed by atoms with van der Waals surface area (Å²) in [6.45, 7) is 6.78. The van der Waals surface area contributed by atoms with Crippen molar-refractivity contribution < 1.29 is 0 Å². The van der Waals surface area contributed by atoms with Gasteiger partial charge in [-0.1, -0.05) is 38.1 Å². The maximum Gasteiger partial charge on any atom is 0.00871 e. The monoisotopic (exact) mass is 219 g/mol. The second kappa shape index (κ2) is 6.70. The van der Waals surface area contributed by atoms with Gasteiger partial charge in [0.25, 0.3) is 0 Å². The van der Waals surface area contributed by atoms with Crippen molar-refractivity contribution >= 4 is 0 Å². The quantitative estimate of drug-likeness (QED) is 0.771. The Hall–Kier alpha value is -0.820. The summed E-state index contributed by atoms with van der Waals surface area (Å²) in [5.41, 5.74) is 2.93. The molecule has 0 saturated heterocycles. The Morgan fingerprint density at radius 3 is 2.44 bits per heavy atom. The van der Waals surface area contributed by atoms with Gasteiger partial charge in [-0.15, -0.1) is 0 Å². The smallest absolute Gasteiger partial charge is 0.00871 e. The third kappa shape index (κ3) is 3.97. The van der Waals surface area contributed by atoms with Crippen LogP contribution in [0.25, 0.3) is 0 Å². The Kier molecular flexibility index (Phi) is 5.54. The van der Waals surface area contributed by atoms with Gasteiger partial charge < -0.3 is 5.32 Å². The van der Waals surface area contributed by atoms with Crippen molar-refractivity contribution in [1.82, 2.24) is 5.32 Å². The third-order valence-corrected chi connectivity index (χ3v) is 3.40. The lowest BCUT2D eigenvalue weighted by Gasteiger charge is -2.20. The van der Waals surface area contributed by atoms with Crippen LogP contribution in [0.4, 0.5) is 0 Å². The molecule has 0 radical (unpaired) electrons. The summed E-state index contributed by atoms with van der Waals surface area (Å²) in [5.74, 6) is 0.724. The van der Waals surface area contributed by atoms with Gasteiger partial charge in [0, 0.05) is 6.04 Å². The summed E-state index contributed by atoms with van der Waals surface area (Å²) in [6, 6.07) is 9.36. The van der Waals surface area contributed by atoms with E-state index in [4.69, 9.17) is 0 Å². The van der Waals surface area contributed by atoms with Gasteiger partial charge in [0.1, 0.15) is 0 Å². The van der Waals surface area contributed by atoms with Gasteiger partial charge in [-0.3, -0.25) is 0 Å². The minimum atomic E-state index is 0.656. The number of nitrogens with one attached hydrogen (secondary N) is 1. The molecule has 1 heteroatoms. The molecule has 0 amide bonds. The van der Waals surface area contributed by atoms with Crippen molar-refractivity contribution in [2.45, 2.75) is 46.1 Å². The van der Waals surface area contributed by atoms with Crippen LogP contribution in [0.3, 0.4) is 0 Å². The van der Waals surface area contributed by atoms with Crippen molar-refractivity contribution in [3.63, 3.8) is 0 Å². The van der Waals surface area contributed by atoms with Gasteiger partial charge in [-0.25, -0.2) is 0 Å². The van der Waals surface area contributed by atoms with Crippen LogP contribution in [0.2, 0.25) is 0 Å². The summed E-state index contributed by atoms with van der Waals surface area (Å²) < 4.78 is 0. The lowest BCUT2D eigenvalue weighted by Crippen LogP contribution is -2.30. The van der Waals surface area contributed by atoms with E-state index in [9.17, 15) is 0 Å². The largest absolute Gasteiger partial charge is 0.317 e. The molecule has 0 aromatic heterocycles. The van der Waals surface area contributed by atoms with Crippen LogP contribution >= 0.6 is 0 Å². The van der Waals surface area contributed by atoms with Crippen LogP contribution in [0.1, 0.15) is 37.8 Å². The van der Waals surface area contributed by atoms with Crippen molar-refractivity contribution in [2.75, 3.05) is 7.05 Å². The summed E-state index contributed by atoms with van der Waals surface area (Å²) in [7, 11) is 2.07. The maximum absolute atomic E-state index is 3.40. The van der Waals surface area contributed by atoms with E-state index in [0.29, 0.717) is 6.04 Å². The highest BCUT2D eigenvalue weighted by Crippen LogP contribution is 2.14. The zero-order chi connectivity index (χ0) is 12.0. The van der Waals surface area contributed by atoms with E-state index >= 15 is 0 Å². The van der Waals surface area contributed by atoms with Gasteiger partial charge >= 0.3 is 0 Å². The fraction of sp³-hybridized carbons (Fsp3) is 0.600. The molecule has 1 atom stereocenters. The normalized spacial score (nSPS) is 13.1.